The molecular weight excluding hydrogens is 364 g/mol. The maximum Gasteiger partial charge on any atom is 0.338 e. The van der Waals surface area contributed by atoms with Crippen LogP contribution < -0.4 is 9.62 Å². The normalized spacial score (nSPS) is 14.3. The minimum Gasteiger partial charge on any atom is -0.462 e. The fourth-order valence-electron chi connectivity index (χ4n) is 3.19. The SMILES string of the molecule is CCOC(=O)c1cccc(S(=O)(=O)NCc2ccccc2N2CCCC2)c1. The predicted molar refractivity (Wildman–Crippen MR) is 104 cm³/mol. The lowest BCUT2D eigenvalue weighted by molar-refractivity contribution is 0.0526. The Hall–Kier alpha value is -2.38. The summed E-state index contributed by atoms with van der Waals surface area (Å²) < 4.78 is 33.0. The Morgan fingerprint density at radius 1 is 1.11 bits per heavy atom. The highest BCUT2D eigenvalue weighted by molar-refractivity contribution is 7.89. The van der Waals surface area contributed by atoms with Gasteiger partial charge in [0, 0.05) is 25.3 Å². The zero-order chi connectivity index (χ0) is 19.3. The first-order valence-corrected chi connectivity index (χ1v) is 10.6. The second kappa shape index (κ2) is 8.54. The number of nitrogens with zero attached hydrogens (tertiary/aromatic N) is 1. The number of nitrogens with one attached hydrogen (secondary N) is 1. The quantitative estimate of drug-likeness (QED) is 0.738. The number of para-hydroxylation sites is 1. The Kier molecular flexibility index (Phi) is 6.13. The molecule has 0 unspecified atom stereocenters. The Labute approximate surface area is 160 Å². The van der Waals surface area contributed by atoms with Crippen LogP contribution in [0, 0.1) is 0 Å². The summed E-state index contributed by atoms with van der Waals surface area (Å²) in [5.41, 5.74) is 2.22. The van der Waals surface area contributed by atoms with E-state index in [2.05, 4.69) is 9.62 Å². The van der Waals surface area contributed by atoms with E-state index in [1.165, 1.54) is 12.1 Å². The minimum atomic E-state index is -3.75. The summed E-state index contributed by atoms with van der Waals surface area (Å²) in [6, 6.07) is 13.7. The van der Waals surface area contributed by atoms with Crippen LogP contribution in [0.25, 0.3) is 0 Å². The molecule has 0 spiro atoms. The van der Waals surface area contributed by atoms with Crippen molar-refractivity contribution in [3.8, 4) is 0 Å². The molecule has 0 aliphatic carbocycles. The maximum absolute atomic E-state index is 12.7. The van der Waals surface area contributed by atoms with E-state index in [1.807, 2.05) is 24.3 Å². The molecule has 0 aromatic heterocycles. The molecule has 0 amide bonds. The van der Waals surface area contributed by atoms with E-state index in [9.17, 15) is 13.2 Å². The van der Waals surface area contributed by atoms with Gasteiger partial charge >= 0.3 is 5.97 Å². The summed E-state index contributed by atoms with van der Waals surface area (Å²) in [6.45, 7) is 4.12. The van der Waals surface area contributed by atoms with Crippen LogP contribution >= 0.6 is 0 Å². The molecular formula is C20H24N2O4S. The van der Waals surface area contributed by atoms with Gasteiger partial charge in [0.2, 0.25) is 10.0 Å². The minimum absolute atomic E-state index is 0.0479. The van der Waals surface area contributed by atoms with Gasteiger partial charge in [-0.15, -0.1) is 0 Å². The van der Waals surface area contributed by atoms with Crippen LogP contribution in [-0.4, -0.2) is 34.1 Å². The fraction of sp³-hybridized carbons (Fsp3) is 0.350. The molecule has 0 radical (unpaired) electrons. The molecule has 1 fully saturated rings. The van der Waals surface area contributed by atoms with Crippen LogP contribution in [0.2, 0.25) is 0 Å². The predicted octanol–water partition coefficient (Wildman–Crippen LogP) is 2.94. The lowest BCUT2D eigenvalue weighted by Crippen LogP contribution is -2.26. The van der Waals surface area contributed by atoms with Gasteiger partial charge < -0.3 is 9.64 Å². The number of anilines is 1. The van der Waals surface area contributed by atoms with Crippen molar-refractivity contribution in [3.63, 3.8) is 0 Å². The van der Waals surface area contributed by atoms with Gasteiger partial charge in [-0.3, -0.25) is 0 Å². The van der Waals surface area contributed by atoms with Crippen molar-refractivity contribution in [1.82, 2.24) is 4.72 Å². The average molecular weight is 388 g/mol. The number of carbonyl (C=O) groups excluding carboxylic acids is 1. The number of esters is 1. The van der Waals surface area contributed by atoms with E-state index in [0.29, 0.717) is 0 Å². The molecule has 1 heterocycles. The van der Waals surface area contributed by atoms with Gasteiger partial charge in [0.05, 0.1) is 17.1 Å². The summed E-state index contributed by atoms with van der Waals surface area (Å²) >= 11 is 0. The van der Waals surface area contributed by atoms with Crippen LogP contribution in [0.4, 0.5) is 5.69 Å². The largest absolute Gasteiger partial charge is 0.462 e. The third kappa shape index (κ3) is 4.67. The summed E-state index contributed by atoms with van der Waals surface area (Å²) in [5, 5.41) is 0. The van der Waals surface area contributed by atoms with Crippen molar-refractivity contribution >= 4 is 21.7 Å². The van der Waals surface area contributed by atoms with Crippen LogP contribution in [0.1, 0.15) is 35.7 Å². The molecule has 1 N–H and O–H groups in total. The van der Waals surface area contributed by atoms with E-state index >= 15 is 0 Å². The molecule has 1 saturated heterocycles. The van der Waals surface area contributed by atoms with Crippen molar-refractivity contribution in [1.29, 1.82) is 0 Å². The summed E-state index contributed by atoms with van der Waals surface area (Å²) in [7, 11) is -3.75. The Bertz CT molecular complexity index is 906. The van der Waals surface area contributed by atoms with Crippen LogP contribution in [0.15, 0.2) is 53.4 Å². The molecule has 27 heavy (non-hydrogen) atoms. The van der Waals surface area contributed by atoms with E-state index in [-0.39, 0.29) is 23.6 Å². The van der Waals surface area contributed by atoms with Gasteiger partial charge in [-0.25, -0.2) is 17.9 Å². The van der Waals surface area contributed by atoms with Crippen LogP contribution in [-0.2, 0) is 21.3 Å². The molecule has 144 valence electrons. The van der Waals surface area contributed by atoms with Crippen molar-refractivity contribution in [2.24, 2.45) is 0 Å². The average Bonchev–Trinajstić information content (AvgIpc) is 3.22. The lowest BCUT2D eigenvalue weighted by atomic mass is 10.1. The smallest absolute Gasteiger partial charge is 0.338 e. The number of ether oxygens (including phenoxy) is 1. The first-order chi connectivity index (χ1) is 13.0. The lowest BCUT2D eigenvalue weighted by Gasteiger charge is -2.21. The molecule has 2 aromatic rings. The second-order valence-corrected chi connectivity index (χ2v) is 8.16. The van der Waals surface area contributed by atoms with E-state index in [4.69, 9.17) is 4.74 Å². The Balaban J connectivity index is 1.76. The van der Waals surface area contributed by atoms with Gasteiger partial charge in [-0.05, 0) is 49.6 Å². The number of sulfonamides is 1. The number of hydrogen-bond donors (Lipinski definition) is 1. The van der Waals surface area contributed by atoms with Gasteiger partial charge in [0.1, 0.15) is 0 Å². The standard InChI is InChI=1S/C20H24N2O4S/c1-2-26-20(23)16-9-7-10-18(14-16)27(24,25)21-15-17-8-3-4-11-19(17)22-12-5-6-13-22/h3-4,7-11,14,21H,2,5-6,12-13,15H2,1H3. The molecule has 2 aromatic carbocycles. The van der Waals surface area contributed by atoms with Gasteiger partial charge in [-0.2, -0.15) is 0 Å². The number of benzene rings is 2. The van der Waals surface area contributed by atoms with Gasteiger partial charge in [0.15, 0.2) is 0 Å². The Morgan fingerprint density at radius 2 is 1.85 bits per heavy atom. The Morgan fingerprint density at radius 3 is 2.59 bits per heavy atom. The molecule has 7 heteroatoms. The monoisotopic (exact) mass is 388 g/mol. The van der Waals surface area contributed by atoms with E-state index in [0.717, 1.165) is 37.2 Å². The topological polar surface area (TPSA) is 75.7 Å². The van der Waals surface area contributed by atoms with E-state index < -0.39 is 16.0 Å². The molecule has 1 aliphatic rings. The third-order valence-corrected chi connectivity index (χ3v) is 5.95. The number of rotatable bonds is 7. The van der Waals surface area contributed by atoms with Crippen molar-refractivity contribution in [2.45, 2.75) is 31.2 Å². The van der Waals surface area contributed by atoms with Crippen LogP contribution in [0.3, 0.4) is 0 Å². The van der Waals surface area contributed by atoms with Crippen molar-refractivity contribution < 1.29 is 17.9 Å². The molecule has 0 bridgehead atoms. The summed E-state index contributed by atoms with van der Waals surface area (Å²) in [5.74, 6) is -0.533. The molecule has 1 aliphatic heterocycles. The van der Waals surface area contributed by atoms with Crippen molar-refractivity contribution in [2.75, 3.05) is 24.6 Å². The zero-order valence-corrected chi connectivity index (χ0v) is 16.2. The number of carbonyl (C=O) groups is 1. The highest BCUT2D eigenvalue weighted by Gasteiger charge is 2.19. The first kappa shape index (κ1) is 19.4. The molecule has 3 rings (SSSR count). The summed E-state index contributed by atoms with van der Waals surface area (Å²) in [6.07, 6.45) is 2.31. The molecule has 0 atom stereocenters. The second-order valence-electron chi connectivity index (χ2n) is 6.40. The number of hydrogen-bond acceptors (Lipinski definition) is 5. The first-order valence-electron chi connectivity index (χ1n) is 9.11. The maximum atomic E-state index is 12.7. The highest BCUT2D eigenvalue weighted by Crippen LogP contribution is 2.25. The summed E-state index contributed by atoms with van der Waals surface area (Å²) in [4.78, 5) is 14.2. The van der Waals surface area contributed by atoms with Crippen LogP contribution in [0.5, 0.6) is 0 Å². The van der Waals surface area contributed by atoms with Gasteiger partial charge in [0.25, 0.3) is 0 Å². The fourth-order valence-corrected chi connectivity index (χ4v) is 4.24. The molecule has 6 nitrogen and oxygen atoms in total. The molecule has 0 saturated carbocycles. The van der Waals surface area contributed by atoms with E-state index in [1.54, 1.807) is 19.1 Å². The van der Waals surface area contributed by atoms with Crippen molar-refractivity contribution in [3.05, 3.63) is 59.7 Å². The highest BCUT2D eigenvalue weighted by atomic mass is 32.2. The van der Waals surface area contributed by atoms with Gasteiger partial charge in [-0.1, -0.05) is 24.3 Å². The zero-order valence-electron chi connectivity index (χ0n) is 15.3. The third-order valence-electron chi connectivity index (χ3n) is 4.55.